The molecule has 0 aromatic heterocycles. The van der Waals surface area contributed by atoms with Crippen LogP contribution in [0.15, 0.2) is 18.2 Å². The highest BCUT2D eigenvalue weighted by Gasteiger charge is 2.16. The average Bonchev–Trinajstić information content (AvgIpc) is 2.33. The third kappa shape index (κ3) is 2.21. The van der Waals surface area contributed by atoms with Gasteiger partial charge in [-0.25, -0.2) is 8.78 Å². The first-order chi connectivity index (χ1) is 8.82. The second-order valence-electron chi connectivity index (χ2n) is 4.99. The van der Waals surface area contributed by atoms with Gasteiger partial charge in [-0.05, 0) is 61.6 Å². The van der Waals surface area contributed by atoms with Gasteiger partial charge in [0.25, 0.3) is 0 Å². The molecular weight excluding hydrogens is 244 g/mol. The highest BCUT2D eigenvalue weighted by atomic mass is 19.1. The zero-order valence-electron chi connectivity index (χ0n) is 11.6. The van der Waals surface area contributed by atoms with Crippen LogP contribution < -0.4 is 5.73 Å². The number of anilines is 1. The molecule has 0 radical (unpaired) electrons. The summed E-state index contributed by atoms with van der Waals surface area (Å²) in [6, 6.07) is 4.28. The Morgan fingerprint density at radius 2 is 1.32 bits per heavy atom. The molecule has 0 aliphatic rings. The Balaban J connectivity index is 2.83. The number of hydrogen-bond acceptors (Lipinski definition) is 1. The Bertz CT molecular complexity index is 634. The van der Waals surface area contributed by atoms with E-state index in [1.165, 1.54) is 6.07 Å². The third-order valence-corrected chi connectivity index (χ3v) is 3.72. The standard InChI is InChI=1S/C16H17F2N/c1-8-5-9(2)11(4)16(10(8)3)12-6-14(18)15(19)7-13(12)17/h5-7H,19H2,1-4H3. The van der Waals surface area contributed by atoms with Gasteiger partial charge >= 0.3 is 0 Å². The number of nitrogens with two attached hydrogens (primary N) is 1. The molecule has 0 fully saturated rings. The summed E-state index contributed by atoms with van der Waals surface area (Å²) in [5.41, 5.74) is 10.3. The smallest absolute Gasteiger partial charge is 0.146 e. The minimum absolute atomic E-state index is 0.166. The van der Waals surface area contributed by atoms with E-state index in [4.69, 9.17) is 5.73 Å². The van der Waals surface area contributed by atoms with Gasteiger partial charge in [0.2, 0.25) is 0 Å². The lowest BCUT2D eigenvalue weighted by atomic mass is 9.89. The number of halogens is 2. The van der Waals surface area contributed by atoms with Gasteiger partial charge in [-0.15, -0.1) is 0 Å². The summed E-state index contributed by atoms with van der Waals surface area (Å²) < 4.78 is 27.7. The molecule has 0 aliphatic carbocycles. The quantitative estimate of drug-likeness (QED) is 0.754. The average molecular weight is 261 g/mol. The SMILES string of the molecule is Cc1cc(C)c(C)c(-c2cc(F)c(N)cc2F)c1C. The van der Waals surface area contributed by atoms with Gasteiger partial charge < -0.3 is 5.73 Å². The van der Waals surface area contributed by atoms with Gasteiger partial charge in [0.1, 0.15) is 11.6 Å². The first-order valence-corrected chi connectivity index (χ1v) is 6.15. The molecule has 2 aromatic rings. The Kier molecular flexibility index (Phi) is 3.31. The molecule has 0 heterocycles. The summed E-state index contributed by atoms with van der Waals surface area (Å²) in [6.07, 6.45) is 0. The molecule has 0 saturated carbocycles. The lowest BCUT2D eigenvalue weighted by Crippen LogP contribution is -2.00. The van der Waals surface area contributed by atoms with Crippen LogP contribution >= 0.6 is 0 Å². The molecule has 0 spiro atoms. The maximum absolute atomic E-state index is 14.1. The van der Waals surface area contributed by atoms with Crippen molar-refractivity contribution in [3.8, 4) is 11.1 Å². The lowest BCUT2D eigenvalue weighted by molar-refractivity contribution is 0.607. The highest BCUT2D eigenvalue weighted by Crippen LogP contribution is 2.34. The van der Waals surface area contributed by atoms with Crippen molar-refractivity contribution in [1.82, 2.24) is 0 Å². The Morgan fingerprint density at radius 1 is 0.789 bits per heavy atom. The van der Waals surface area contributed by atoms with Crippen LogP contribution in [0.25, 0.3) is 11.1 Å². The molecule has 1 nitrogen and oxygen atoms in total. The largest absolute Gasteiger partial charge is 0.396 e. The number of hydrogen-bond donors (Lipinski definition) is 1. The zero-order chi connectivity index (χ0) is 14.3. The van der Waals surface area contributed by atoms with Gasteiger partial charge in [0, 0.05) is 11.6 Å². The highest BCUT2D eigenvalue weighted by molar-refractivity contribution is 5.75. The summed E-state index contributed by atoms with van der Waals surface area (Å²) in [7, 11) is 0. The predicted octanol–water partition coefficient (Wildman–Crippen LogP) is 4.45. The Hall–Kier alpha value is -1.90. The summed E-state index contributed by atoms with van der Waals surface area (Å²) >= 11 is 0. The van der Waals surface area contributed by atoms with Crippen molar-refractivity contribution in [3.05, 3.63) is 52.1 Å². The normalized spacial score (nSPS) is 10.8. The van der Waals surface area contributed by atoms with Crippen molar-refractivity contribution < 1.29 is 8.78 Å². The van der Waals surface area contributed by atoms with E-state index in [9.17, 15) is 8.78 Å². The molecule has 2 N–H and O–H groups in total. The van der Waals surface area contributed by atoms with Crippen LogP contribution in [0.3, 0.4) is 0 Å². The van der Waals surface area contributed by atoms with Crippen LogP contribution in [-0.2, 0) is 0 Å². The van der Waals surface area contributed by atoms with Crippen LogP contribution in [0.2, 0.25) is 0 Å². The van der Waals surface area contributed by atoms with Crippen LogP contribution in [0, 0.1) is 39.3 Å². The number of rotatable bonds is 1. The van der Waals surface area contributed by atoms with E-state index in [1.807, 2.05) is 27.7 Å². The lowest BCUT2D eigenvalue weighted by Gasteiger charge is -2.16. The molecule has 2 aromatic carbocycles. The van der Waals surface area contributed by atoms with E-state index >= 15 is 0 Å². The maximum atomic E-state index is 14.1. The summed E-state index contributed by atoms with van der Waals surface area (Å²) in [6.45, 7) is 7.78. The summed E-state index contributed by atoms with van der Waals surface area (Å²) in [5.74, 6) is -1.08. The van der Waals surface area contributed by atoms with E-state index in [1.54, 1.807) is 0 Å². The molecule has 0 unspecified atom stereocenters. The van der Waals surface area contributed by atoms with Crippen LogP contribution in [0.5, 0.6) is 0 Å². The zero-order valence-corrected chi connectivity index (χ0v) is 11.6. The second kappa shape index (κ2) is 4.65. The van der Waals surface area contributed by atoms with E-state index in [0.29, 0.717) is 0 Å². The van der Waals surface area contributed by atoms with Crippen molar-refractivity contribution in [2.75, 3.05) is 5.73 Å². The number of nitrogen functional groups attached to an aromatic ring is 1. The molecule has 0 bridgehead atoms. The van der Waals surface area contributed by atoms with E-state index < -0.39 is 11.6 Å². The number of aryl methyl sites for hydroxylation is 2. The topological polar surface area (TPSA) is 26.0 Å². The third-order valence-electron chi connectivity index (χ3n) is 3.72. The van der Waals surface area contributed by atoms with E-state index in [0.717, 1.165) is 33.9 Å². The van der Waals surface area contributed by atoms with Gasteiger partial charge in [-0.3, -0.25) is 0 Å². The van der Waals surface area contributed by atoms with Crippen molar-refractivity contribution >= 4 is 5.69 Å². The Morgan fingerprint density at radius 3 is 1.84 bits per heavy atom. The fraction of sp³-hybridized carbons (Fsp3) is 0.250. The van der Waals surface area contributed by atoms with Crippen molar-refractivity contribution in [3.63, 3.8) is 0 Å². The fourth-order valence-electron chi connectivity index (χ4n) is 2.37. The van der Waals surface area contributed by atoms with Gasteiger partial charge in [0.15, 0.2) is 0 Å². The molecule has 100 valence electrons. The van der Waals surface area contributed by atoms with Crippen LogP contribution in [0.1, 0.15) is 22.3 Å². The molecule has 3 heteroatoms. The monoisotopic (exact) mass is 261 g/mol. The predicted molar refractivity (Wildman–Crippen MR) is 75.2 cm³/mol. The van der Waals surface area contributed by atoms with Crippen LogP contribution in [0.4, 0.5) is 14.5 Å². The molecule has 0 aliphatic heterocycles. The fourth-order valence-corrected chi connectivity index (χ4v) is 2.37. The number of benzene rings is 2. The molecule has 0 amide bonds. The second-order valence-corrected chi connectivity index (χ2v) is 4.99. The van der Waals surface area contributed by atoms with Crippen molar-refractivity contribution in [2.45, 2.75) is 27.7 Å². The van der Waals surface area contributed by atoms with E-state index in [2.05, 4.69) is 6.07 Å². The molecule has 0 saturated heterocycles. The van der Waals surface area contributed by atoms with Gasteiger partial charge in [-0.1, -0.05) is 6.07 Å². The van der Waals surface area contributed by atoms with E-state index in [-0.39, 0.29) is 11.3 Å². The minimum atomic E-state index is -0.589. The first-order valence-electron chi connectivity index (χ1n) is 6.15. The van der Waals surface area contributed by atoms with Gasteiger partial charge in [0.05, 0.1) is 5.69 Å². The molecular formula is C16H17F2N. The van der Waals surface area contributed by atoms with Crippen LogP contribution in [-0.4, -0.2) is 0 Å². The molecule has 0 atom stereocenters. The maximum Gasteiger partial charge on any atom is 0.146 e. The summed E-state index contributed by atoms with van der Waals surface area (Å²) in [5, 5.41) is 0. The van der Waals surface area contributed by atoms with Crippen molar-refractivity contribution in [1.29, 1.82) is 0 Å². The molecule has 2 rings (SSSR count). The Labute approximate surface area is 112 Å². The first kappa shape index (κ1) is 13.5. The molecule has 19 heavy (non-hydrogen) atoms. The van der Waals surface area contributed by atoms with Crippen molar-refractivity contribution in [2.24, 2.45) is 0 Å². The summed E-state index contributed by atoms with van der Waals surface area (Å²) in [4.78, 5) is 0. The van der Waals surface area contributed by atoms with Gasteiger partial charge in [-0.2, -0.15) is 0 Å². The minimum Gasteiger partial charge on any atom is -0.396 e.